The van der Waals surface area contributed by atoms with Crippen LogP contribution in [0.4, 0.5) is 0 Å². The standard InChI is InChI=1S/C34H34N2O2S/c37-33(27-13-11-26(12-14-27)8-7-23-35-19-3-4-20-35)32-30-9-1-2-10-31(30)39-34(32)28-15-17-29(18-16-28)38-25-24-36-21-5-6-22-36/h1-2,9-18H,3-6,19-25H2. The summed E-state index contributed by atoms with van der Waals surface area (Å²) in [5.74, 6) is 7.46. The molecular weight excluding hydrogens is 500 g/mol. The summed E-state index contributed by atoms with van der Waals surface area (Å²) in [5.41, 5.74) is 3.44. The Morgan fingerprint density at radius 3 is 2.26 bits per heavy atom. The average molecular weight is 535 g/mol. The first-order valence-corrected chi connectivity index (χ1v) is 14.9. The van der Waals surface area contributed by atoms with Gasteiger partial charge in [0.1, 0.15) is 12.4 Å². The van der Waals surface area contributed by atoms with Gasteiger partial charge in [0, 0.05) is 38.2 Å². The summed E-state index contributed by atoms with van der Waals surface area (Å²) in [5, 5.41) is 1.00. The van der Waals surface area contributed by atoms with Gasteiger partial charge in [0.2, 0.25) is 0 Å². The smallest absolute Gasteiger partial charge is 0.195 e. The van der Waals surface area contributed by atoms with Gasteiger partial charge in [0.15, 0.2) is 5.78 Å². The van der Waals surface area contributed by atoms with Crippen molar-refractivity contribution in [2.75, 3.05) is 45.9 Å². The van der Waals surface area contributed by atoms with Gasteiger partial charge in [-0.2, -0.15) is 0 Å². The van der Waals surface area contributed by atoms with Crippen molar-refractivity contribution in [2.45, 2.75) is 25.7 Å². The van der Waals surface area contributed by atoms with E-state index in [9.17, 15) is 4.79 Å². The number of hydrogen-bond donors (Lipinski definition) is 0. The van der Waals surface area contributed by atoms with E-state index in [1.54, 1.807) is 11.3 Å². The molecule has 0 aliphatic carbocycles. The Hall–Kier alpha value is -3.43. The van der Waals surface area contributed by atoms with Crippen LogP contribution in [-0.2, 0) is 0 Å². The minimum absolute atomic E-state index is 0.0463. The number of thiophene rings is 1. The monoisotopic (exact) mass is 534 g/mol. The molecule has 0 radical (unpaired) electrons. The Balaban J connectivity index is 1.20. The van der Waals surface area contributed by atoms with Gasteiger partial charge in [-0.1, -0.05) is 30.0 Å². The number of benzene rings is 3. The number of ether oxygens (including phenoxy) is 1. The zero-order chi connectivity index (χ0) is 26.4. The first kappa shape index (κ1) is 25.8. The normalized spacial score (nSPS) is 15.9. The molecular formula is C34H34N2O2S. The molecule has 6 rings (SSSR count). The molecule has 39 heavy (non-hydrogen) atoms. The number of ketones is 1. The third-order valence-electron chi connectivity index (χ3n) is 7.70. The van der Waals surface area contributed by atoms with Gasteiger partial charge in [0.25, 0.3) is 0 Å². The van der Waals surface area contributed by atoms with Crippen LogP contribution in [0.25, 0.3) is 20.5 Å². The van der Waals surface area contributed by atoms with Gasteiger partial charge in [-0.3, -0.25) is 14.6 Å². The molecule has 0 bridgehead atoms. The van der Waals surface area contributed by atoms with E-state index in [2.05, 4.69) is 45.9 Å². The summed E-state index contributed by atoms with van der Waals surface area (Å²) in [6, 6.07) is 24.1. The Morgan fingerprint density at radius 1 is 0.821 bits per heavy atom. The number of carbonyl (C=O) groups excluding carboxylic acids is 1. The van der Waals surface area contributed by atoms with Gasteiger partial charge < -0.3 is 4.74 Å². The highest BCUT2D eigenvalue weighted by atomic mass is 32.1. The first-order chi connectivity index (χ1) is 19.2. The molecule has 0 atom stereocenters. The van der Waals surface area contributed by atoms with Crippen LogP contribution in [0.15, 0.2) is 72.8 Å². The van der Waals surface area contributed by atoms with E-state index < -0.39 is 0 Å². The highest BCUT2D eigenvalue weighted by Gasteiger charge is 2.21. The molecule has 198 valence electrons. The van der Waals surface area contributed by atoms with Crippen molar-refractivity contribution in [2.24, 2.45) is 0 Å². The van der Waals surface area contributed by atoms with E-state index in [-0.39, 0.29) is 5.78 Å². The topological polar surface area (TPSA) is 32.8 Å². The Morgan fingerprint density at radius 2 is 1.51 bits per heavy atom. The van der Waals surface area contributed by atoms with Gasteiger partial charge in [-0.05, 0) is 112 Å². The molecule has 2 aliphatic rings. The molecule has 4 nitrogen and oxygen atoms in total. The molecule has 0 N–H and O–H groups in total. The maximum absolute atomic E-state index is 13.9. The van der Waals surface area contributed by atoms with Crippen molar-refractivity contribution in [3.63, 3.8) is 0 Å². The van der Waals surface area contributed by atoms with Crippen molar-refractivity contribution in [3.05, 3.63) is 89.5 Å². The van der Waals surface area contributed by atoms with Gasteiger partial charge in [-0.25, -0.2) is 0 Å². The number of carbonyl (C=O) groups is 1. The van der Waals surface area contributed by atoms with E-state index >= 15 is 0 Å². The molecule has 1 aromatic heterocycles. The van der Waals surface area contributed by atoms with Crippen molar-refractivity contribution < 1.29 is 9.53 Å². The highest BCUT2D eigenvalue weighted by Crippen LogP contribution is 2.40. The third kappa shape index (κ3) is 6.09. The predicted octanol–water partition coefficient (Wildman–Crippen LogP) is 6.72. The molecule has 2 fully saturated rings. The largest absolute Gasteiger partial charge is 0.492 e. The summed E-state index contributed by atoms with van der Waals surface area (Å²) >= 11 is 1.67. The lowest BCUT2D eigenvalue weighted by Crippen LogP contribution is -2.25. The van der Waals surface area contributed by atoms with Crippen molar-refractivity contribution in [1.82, 2.24) is 9.80 Å². The summed E-state index contributed by atoms with van der Waals surface area (Å²) in [6.07, 6.45) is 5.13. The van der Waals surface area contributed by atoms with E-state index in [1.807, 2.05) is 48.5 Å². The Labute approximate surface area is 235 Å². The second kappa shape index (κ2) is 12.2. The highest BCUT2D eigenvalue weighted by molar-refractivity contribution is 7.22. The SMILES string of the molecule is O=C(c1ccc(C#CCN2CCCC2)cc1)c1c(-c2ccc(OCCN3CCCC3)cc2)sc2ccccc12. The summed E-state index contributed by atoms with van der Waals surface area (Å²) < 4.78 is 7.13. The molecule has 5 heteroatoms. The molecule has 4 aromatic rings. The van der Waals surface area contributed by atoms with Gasteiger partial charge >= 0.3 is 0 Å². The summed E-state index contributed by atoms with van der Waals surface area (Å²) in [6.45, 7) is 7.14. The second-order valence-corrected chi connectivity index (χ2v) is 11.5. The minimum atomic E-state index is 0.0463. The van der Waals surface area contributed by atoms with Crippen LogP contribution in [0.2, 0.25) is 0 Å². The molecule has 0 saturated carbocycles. The lowest BCUT2D eigenvalue weighted by molar-refractivity contribution is 0.104. The van der Waals surface area contributed by atoms with Crippen LogP contribution >= 0.6 is 11.3 Å². The molecule has 2 saturated heterocycles. The van der Waals surface area contributed by atoms with Crippen LogP contribution in [0.3, 0.4) is 0 Å². The fourth-order valence-electron chi connectivity index (χ4n) is 5.52. The van der Waals surface area contributed by atoms with Crippen molar-refractivity contribution in [3.8, 4) is 28.0 Å². The molecule has 3 aromatic carbocycles. The van der Waals surface area contributed by atoms with Crippen LogP contribution in [0.5, 0.6) is 5.75 Å². The zero-order valence-electron chi connectivity index (χ0n) is 22.3. The van der Waals surface area contributed by atoms with Crippen LogP contribution < -0.4 is 4.74 Å². The van der Waals surface area contributed by atoms with Gasteiger partial charge in [0.05, 0.1) is 6.54 Å². The lowest BCUT2D eigenvalue weighted by Gasteiger charge is -2.15. The Kier molecular flexibility index (Phi) is 8.06. The summed E-state index contributed by atoms with van der Waals surface area (Å²) in [7, 11) is 0. The fraction of sp³-hybridized carbons (Fsp3) is 0.324. The maximum Gasteiger partial charge on any atom is 0.195 e. The first-order valence-electron chi connectivity index (χ1n) is 14.1. The molecule has 3 heterocycles. The minimum Gasteiger partial charge on any atom is -0.492 e. The number of rotatable bonds is 8. The molecule has 2 aliphatic heterocycles. The molecule has 0 amide bonds. The predicted molar refractivity (Wildman–Crippen MR) is 161 cm³/mol. The molecule has 0 unspecified atom stereocenters. The van der Waals surface area contributed by atoms with E-state index in [0.717, 1.165) is 63.6 Å². The number of hydrogen-bond acceptors (Lipinski definition) is 5. The number of nitrogens with zero attached hydrogens (tertiary/aromatic N) is 2. The van der Waals surface area contributed by atoms with Crippen LogP contribution in [0.1, 0.15) is 47.2 Å². The van der Waals surface area contributed by atoms with Crippen LogP contribution in [-0.4, -0.2) is 61.5 Å². The van der Waals surface area contributed by atoms with Crippen molar-refractivity contribution >= 4 is 27.2 Å². The zero-order valence-corrected chi connectivity index (χ0v) is 23.1. The van der Waals surface area contributed by atoms with Gasteiger partial charge in [-0.15, -0.1) is 11.3 Å². The summed E-state index contributed by atoms with van der Waals surface area (Å²) in [4.78, 5) is 19.7. The quantitative estimate of drug-likeness (QED) is 0.186. The van der Waals surface area contributed by atoms with E-state index in [4.69, 9.17) is 4.74 Å². The average Bonchev–Trinajstić information content (AvgIpc) is 3.75. The van der Waals surface area contributed by atoms with E-state index in [1.165, 1.54) is 38.8 Å². The Bertz CT molecular complexity index is 1480. The number of fused-ring (bicyclic) bond motifs is 1. The van der Waals surface area contributed by atoms with Crippen LogP contribution in [0, 0.1) is 11.8 Å². The van der Waals surface area contributed by atoms with E-state index in [0.29, 0.717) is 12.2 Å². The second-order valence-electron chi connectivity index (χ2n) is 10.4. The molecule has 0 spiro atoms. The van der Waals surface area contributed by atoms with Crippen molar-refractivity contribution in [1.29, 1.82) is 0 Å². The lowest BCUT2D eigenvalue weighted by atomic mass is 9.97. The maximum atomic E-state index is 13.9. The third-order valence-corrected chi connectivity index (χ3v) is 8.91. The fourth-order valence-corrected chi connectivity index (χ4v) is 6.72. The number of likely N-dealkylation sites (tertiary alicyclic amines) is 2.